The second-order valence-corrected chi connectivity index (χ2v) is 8.75. The van der Waals surface area contributed by atoms with Gasteiger partial charge in [-0.2, -0.15) is 5.26 Å². The van der Waals surface area contributed by atoms with E-state index in [0.717, 1.165) is 27.8 Å². The minimum atomic E-state index is -0.571. The first-order valence-electron chi connectivity index (χ1n) is 10.2. The van der Waals surface area contributed by atoms with E-state index in [9.17, 15) is 19.6 Å². The fourth-order valence-electron chi connectivity index (χ4n) is 5.94. The number of aliphatic hydroxyl groups is 1. The normalized spacial score (nSPS) is 31.9. The molecule has 5 heteroatoms. The standard InChI is InChI=1S/C25H22FNO3/c1-11-8-12(2)17(13(3)9-11)19-22(28)20-21(23(19)29)25-18(16(10-27)24(20)30-25)14-4-6-15(26)7-5-14/h4-9,16,18,20-21,24-25,29H,1-3H3/t16?,18-,20+,21-,24+,25-/m1/s1. The Balaban J connectivity index is 1.62. The van der Waals surface area contributed by atoms with Crippen molar-refractivity contribution in [1.82, 2.24) is 0 Å². The van der Waals surface area contributed by atoms with Crippen LogP contribution in [0.3, 0.4) is 0 Å². The Hall–Kier alpha value is -2.97. The first-order valence-corrected chi connectivity index (χ1v) is 10.2. The van der Waals surface area contributed by atoms with Crippen molar-refractivity contribution < 1.29 is 19.0 Å². The maximum atomic E-state index is 13.5. The van der Waals surface area contributed by atoms with Gasteiger partial charge in [0.25, 0.3) is 0 Å². The van der Waals surface area contributed by atoms with E-state index in [1.165, 1.54) is 12.1 Å². The summed E-state index contributed by atoms with van der Waals surface area (Å²) in [5.41, 5.74) is 4.94. The summed E-state index contributed by atoms with van der Waals surface area (Å²) in [6.07, 6.45) is -1.05. The molecule has 1 unspecified atom stereocenters. The molecule has 2 bridgehead atoms. The zero-order chi connectivity index (χ0) is 21.3. The van der Waals surface area contributed by atoms with Gasteiger partial charge in [-0.1, -0.05) is 29.8 Å². The Morgan fingerprint density at radius 3 is 2.23 bits per heavy atom. The van der Waals surface area contributed by atoms with Crippen LogP contribution in [0.1, 0.15) is 33.7 Å². The number of halogens is 1. The SMILES string of the molecule is Cc1cc(C)c(C2=C(O)[C@@H]3[C@@H]4O[C@@H](C(C#N)[C@H]4c4ccc(F)cc4)[C@@H]3C2=O)c(C)c1. The molecule has 0 aromatic heterocycles. The molecule has 6 atom stereocenters. The molecule has 3 aliphatic rings. The zero-order valence-corrected chi connectivity index (χ0v) is 17.0. The van der Waals surface area contributed by atoms with Crippen LogP contribution in [-0.4, -0.2) is 23.1 Å². The summed E-state index contributed by atoms with van der Waals surface area (Å²) in [6.45, 7) is 5.89. The van der Waals surface area contributed by atoms with Gasteiger partial charge in [-0.25, -0.2) is 4.39 Å². The minimum absolute atomic E-state index is 0.0658. The number of hydrogen-bond acceptors (Lipinski definition) is 4. The van der Waals surface area contributed by atoms with Crippen LogP contribution in [-0.2, 0) is 9.53 Å². The molecule has 152 valence electrons. The predicted molar refractivity (Wildman–Crippen MR) is 109 cm³/mol. The predicted octanol–water partition coefficient (Wildman–Crippen LogP) is 4.54. The number of ether oxygens (including phenoxy) is 1. The Kier molecular flexibility index (Phi) is 4.13. The number of allylic oxidation sites excluding steroid dienone is 1. The molecule has 0 spiro atoms. The summed E-state index contributed by atoms with van der Waals surface area (Å²) in [5, 5.41) is 21.1. The maximum absolute atomic E-state index is 13.5. The number of aliphatic hydroxyl groups excluding tert-OH is 1. The van der Waals surface area contributed by atoms with Gasteiger partial charge in [-0.15, -0.1) is 0 Å². The molecule has 30 heavy (non-hydrogen) atoms. The Morgan fingerprint density at radius 1 is 1.00 bits per heavy atom. The number of hydrogen-bond donors (Lipinski definition) is 1. The molecule has 2 aromatic rings. The quantitative estimate of drug-likeness (QED) is 0.799. The average Bonchev–Trinajstić information content (AvgIpc) is 3.33. The molecule has 0 amide bonds. The molecular weight excluding hydrogens is 381 g/mol. The molecule has 0 radical (unpaired) electrons. The van der Waals surface area contributed by atoms with Gasteiger partial charge < -0.3 is 9.84 Å². The molecule has 2 aliphatic heterocycles. The molecule has 2 heterocycles. The number of Topliss-reactive ketones (excluding diaryl/α,β-unsaturated/α-hetero) is 1. The third-order valence-corrected chi connectivity index (χ3v) is 6.96. The average molecular weight is 403 g/mol. The van der Waals surface area contributed by atoms with Gasteiger partial charge in [0.2, 0.25) is 0 Å². The summed E-state index contributed by atoms with van der Waals surface area (Å²) in [4.78, 5) is 13.5. The highest BCUT2D eigenvalue weighted by Gasteiger charge is 2.66. The Labute approximate surface area is 174 Å². The van der Waals surface area contributed by atoms with E-state index in [1.807, 2.05) is 32.9 Å². The van der Waals surface area contributed by atoms with E-state index in [2.05, 4.69) is 6.07 Å². The molecule has 0 saturated carbocycles. The van der Waals surface area contributed by atoms with Crippen LogP contribution in [0.5, 0.6) is 0 Å². The van der Waals surface area contributed by atoms with E-state index < -0.39 is 30.0 Å². The Bertz CT molecular complexity index is 1120. The van der Waals surface area contributed by atoms with Crippen molar-refractivity contribution >= 4 is 11.4 Å². The molecule has 2 fully saturated rings. The van der Waals surface area contributed by atoms with Gasteiger partial charge in [0.1, 0.15) is 11.6 Å². The van der Waals surface area contributed by atoms with Crippen LogP contribution < -0.4 is 0 Å². The molecular formula is C25H22FNO3. The van der Waals surface area contributed by atoms with Crippen LogP contribution >= 0.6 is 0 Å². The van der Waals surface area contributed by atoms with E-state index in [0.29, 0.717) is 5.57 Å². The molecule has 4 nitrogen and oxygen atoms in total. The number of rotatable bonds is 2. The number of aryl methyl sites for hydroxylation is 3. The van der Waals surface area contributed by atoms with Gasteiger partial charge >= 0.3 is 0 Å². The Morgan fingerprint density at radius 2 is 1.63 bits per heavy atom. The fourth-order valence-corrected chi connectivity index (χ4v) is 5.94. The number of ketones is 1. The van der Waals surface area contributed by atoms with Crippen molar-refractivity contribution in [3.63, 3.8) is 0 Å². The lowest BCUT2D eigenvalue weighted by Crippen LogP contribution is -2.39. The number of fused-ring (bicyclic) bond motifs is 5. The molecule has 1 N–H and O–H groups in total. The highest BCUT2D eigenvalue weighted by atomic mass is 19.1. The number of benzene rings is 2. The van der Waals surface area contributed by atoms with E-state index in [-0.39, 0.29) is 23.3 Å². The van der Waals surface area contributed by atoms with Gasteiger partial charge in [-0.05, 0) is 55.2 Å². The largest absolute Gasteiger partial charge is 0.511 e. The highest BCUT2D eigenvalue weighted by molar-refractivity contribution is 6.26. The van der Waals surface area contributed by atoms with Gasteiger partial charge in [0.15, 0.2) is 5.78 Å². The van der Waals surface area contributed by atoms with Crippen LogP contribution in [0, 0.1) is 55.7 Å². The molecule has 5 rings (SSSR count). The monoisotopic (exact) mass is 403 g/mol. The van der Waals surface area contributed by atoms with Crippen molar-refractivity contribution in [2.24, 2.45) is 17.8 Å². The number of nitriles is 1. The van der Waals surface area contributed by atoms with E-state index in [1.54, 1.807) is 12.1 Å². The molecule has 2 saturated heterocycles. The molecule has 1 aliphatic carbocycles. The first kappa shape index (κ1) is 19.0. The zero-order valence-electron chi connectivity index (χ0n) is 17.0. The van der Waals surface area contributed by atoms with Crippen molar-refractivity contribution in [3.05, 3.63) is 75.8 Å². The summed E-state index contributed by atoms with van der Waals surface area (Å²) in [6, 6.07) is 12.4. The summed E-state index contributed by atoms with van der Waals surface area (Å²) < 4.78 is 19.5. The van der Waals surface area contributed by atoms with Gasteiger partial charge in [-0.3, -0.25) is 4.79 Å². The lowest BCUT2D eigenvalue weighted by atomic mass is 9.67. The maximum Gasteiger partial charge on any atom is 0.173 e. The van der Waals surface area contributed by atoms with Crippen LogP contribution in [0.4, 0.5) is 4.39 Å². The minimum Gasteiger partial charge on any atom is -0.511 e. The summed E-state index contributed by atoms with van der Waals surface area (Å²) in [5.74, 6) is -2.27. The van der Waals surface area contributed by atoms with E-state index in [4.69, 9.17) is 4.74 Å². The summed E-state index contributed by atoms with van der Waals surface area (Å²) in [7, 11) is 0. The number of carbonyl (C=O) groups excluding carboxylic acids is 1. The number of nitrogens with zero attached hydrogens (tertiary/aromatic N) is 1. The third kappa shape index (κ3) is 2.44. The second kappa shape index (κ2) is 6.52. The van der Waals surface area contributed by atoms with E-state index >= 15 is 0 Å². The van der Waals surface area contributed by atoms with Gasteiger partial charge in [0, 0.05) is 5.92 Å². The number of carbonyl (C=O) groups is 1. The molecule has 2 aromatic carbocycles. The lowest BCUT2D eigenvalue weighted by molar-refractivity contribution is -0.119. The first-order chi connectivity index (χ1) is 14.3. The second-order valence-electron chi connectivity index (χ2n) is 8.75. The topological polar surface area (TPSA) is 70.3 Å². The van der Waals surface area contributed by atoms with Crippen molar-refractivity contribution in [1.29, 1.82) is 5.26 Å². The van der Waals surface area contributed by atoms with Gasteiger partial charge in [0.05, 0.1) is 41.6 Å². The summed E-state index contributed by atoms with van der Waals surface area (Å²) >= 11 is 0. The van der Waals surface area contributed by atoms with Crippen LogP contribution in [0.25, 0.3) is 5.57 Å². The van der Waals surface area contributed by atoms with Crippen molar-refractivity contribution in [2.75, 3.05) is 0 Å². The van der Waals surface area contributed by atoms with Crippen molar-refractivity contribution in [2.45, 2.75) is 38.9 Å². The van der Waals surface area contributed by atoms with Crippen LogP contribution in [0.2, 0.25) is 0 Å². The third-order valence-electron chi connectivity index (χ3n) is 6.96. The van der Waals surface area contributed by atoms with Crippen LogP contribution in [0.15, 0.2) is 42.2 Å². The smallest absolute Gasteiger partial charge is 0.173 e. The lowest BCUT2D eigenvalue weighted by Gasteiger charge is -2.31. The van der Waals surface area contributed by atoms with Crippen molar-refractivity contribution in [3.8, 4) is 6.07 Å². The fraction of sp³-hybridized carbons (Fsp3) is 0.360. The highest BCUT2D eigenvalue weighted by Crippen LogP contribution is 2.60.